The molecule has 1 aliphatic heterocycles. The van der Waals surface area contributed by atoms with Gasteiger partial charge in [0.05, 0.1) is 12.8 Å². The van der Waals surface area contributed by atoms with Crippen LogP contribution in [-0.4, -0.2) is 43.2 Å². The molecule has 0 amide bonds. The first-order valence-electron chi connectivity index (χ1n) is 9.47. The molecule has 0 atom stereocenters. The van der Waals surface area contributed by atoms with Crippen molar-refractivity contribution in [3.8, 4) is 17.0 Å². The van der Waals surface area contributed by atoms with Gasteiger partial charge < -0.3 is 20.4 Å². The second-order valence-electron chi connectivity index (χ2n) is 7.13. The minimum absolute atomic E-state index is 0.651. The predicted octanol–water partition coefficient (Wildman–Crippen LogP) is 3.98. The minimum atomic E-state index is 0.651. The largest absolute Gasteiger partial charge is 0.496 e. The Bertz CT molecular complexity index is 878. The van der Waals surface area contributed by atoms with Gasteiger partial charge in [-0.3, -0.25) is 0 Å². The number of H-pyrrole nitrogens is 1. The summed E-state index contributed by atoms with van der Waals surface area (Å²) in [5.41, 5.74) is 10.5. The van der Waals surface area contributed by atoms with Crippen LogP contribution in [0.15, 0.2) is 48.5 Å². The van der Waals surface area contributed by atoms with Crippen molar-refractivity contribution >= 4 is 10.9 Å². The van der Waals surface area contributed by atoms with E-state index in [-0.39, 0.29) is 0 Å². The third kappa shape index (κ3) is 3.35. The number of benzene rings is 2. The third-order valence-corrected chi connectivity index (χ3v) is 5.55. The van der Waals surface area contributed by atoms with Crippen LogP contribution in [0.4, 0.5) is 0 Å². The van der Waals surface area contributed by atoms with Crippen molar-refractivity contribution in [3.63, 3.8) is 0 Å². The second kappa shape index (κ2) is 7.52. The summed E-state index contributed by atoms with van der Waals surface area (Å²) in [6.45, 7) is 4.08. The first-order chi connectivity index (χ1) is 12.8. The molecular weight excluding hydrogens is 322 g/mol. The Hall–Kier alpha value is -2.30. The number of piperidine rings is 1. The molecule has 3 N–H and O–H groups in total. The number of ether oxygens (including phenoxy) is 1. The lowest BCUT2D eigenvalue weighted by atomic mass is 9.89. The highest BCUT2D eigenvalue weighted by Gasteiger charge is 2.20. The van der Waals surface area contributed by atoms with E-state index < -0.39 is 0 Å². The zero-order valence-corrected chi connectivity index (χ0v) is 15.4. The van der Waals surface area contributed by atoms with Gasteiger partial charge in [0.2, 0.25) is 0 Å². The summed E-state index contributed by atoms with van der Waals surface area (Å²) in [6, 6.07) is 17.2. The Morgan fingerprint density at radius 3 is 2.69 bits per heavy atom. The van der Waals surface area contributed by atoms with Crippen LogP contribution in [-0.2, 0) is 0 Å². The molecule has 4 rings (SSSR count). The van der Waals surface area contributed by atoms with E-state index >= 15 is 0 Å². The smallest absolute Gasteiger partial charge is 0.128 e. The van der Waals surface area contributed by atoms with Crippen LogP contribution in [0.3, 0.4) is 0 Å². The molecule has 0 spiro atoms. The molecule has 0 unspecified atom stereocenters. The summed E-state index contributed by atoms with van der Waals surface area (Å²) in [7, 11) is 1.72. The van der Waals surface area contributed by atoms with Gasteiger partial charge in [0, 0.05) is 29.6 Å². The van der Waals surface area contributed by atoms with Gasteiger partial charge in [-0.15, -0.1) is 0 Å². The lowest BCUT2D eigenvalue weighted by molar-refractivity contribution is 0.218. The molecule has 1 saturated heterocycles. The van der Waals surface area contributed by atoms with E-state index in [9.17, 15) is 0 Å². The van der Waals surface area contributed by atoms with Crippen molar-refractivity contribution in [1.82, 2.24) is 9.88 Å². The van der Waals surface area contributed by atoms with Crippen molar-refractivity contribution in [3.05, 3.63) is 54.1 Å². The zero-order chi connectivity index (χ0) is 17.9. The molecule has 136 valence electrons. The van der Waals surface area contributed by atoms with E-state index in [1.807, 2.05) is 18.2 Å². The Balaban J connectivity index is 1.59. The number of para-hydroxylation sites is 1. The first-order valence-corrected chi connectivity index (χ1v) is 9.47. The number of rotatable bonds is 5. The zero-order valence-electron chi connectivity index (χ0n) is 15.4. The minimum Gasteiger partial charge on any atom is -0.496 e. The Labute approximate surface area is 155 Å². The van der Waals surface area contributed by atoms with Gasteiger partial charge in [-0.1, -0.05) is 18.2 Å². The van der Waals surface area contributed by atoms with Crippen molar-refractivity contribution in [2.24, 2.45) is 5.73 Å². The van der Waals surface area contributed by atoms with Crippen molar-refractivity contribution in [2.75, 3.05) is 33.3 Å². The fraction of sp³-hybridized carbons (Fsp3) is 0.364. The van der Waals surface area contributed by atoms with Crippen LogP contribution in [0.5, 0.6) is 5.75 Å². The number of likely N-dealkylation sites (tertiary alicyclic amines) is 1. The molecule has 2 aromatic carbocycles. The number of aromatic amines is 1. The second-order valence-corrected chi connectivity index (χ2v) is 7.13. The molecule has 1 aromatic heterocycles. The van der Waals surface area contributed by atoms with Crippen LogP contribution in [0.1, 0.15) is 24.3 Å². The molecule has 2 heterocycles. The number of nitrogens with one attached hydrogen (secondary N) is 1. The van der Waals surface area contributed by atoms with E-state index in [4.69, 9.17) is 10.5 Å². The number of hydrogen-bond acceptors (Lipinski definition) is 3. The summed E-state index contributed by atoms with van der Waals surface area (Å²) in [5, 5.41) is 1.27. The molecule has 1 aliphatic rings. The van der Waals surface area contributed by atoms with Crippen molar-refractivity contribution in [1.29, 1.82) is 0 Å². The highest BCUT2D eigenvalue weighted by Crippen LogP contribution is 2.34. The number of nitrogens with two attached hydrogens (primary N) is 1. The maximum atomic E-state index is 5.68. The average molecular weight is 349 g/mol. The molecule has 26 heavy (non-hydrogen) atoms. The summed E-state index contributed by atoms with van der Waals surface area (Å²) in [6.07, 6.45) is 2.44. The number of methoxy groups -OCH3 is 1. The predicted molar refractivity (Wildman–Crippen MR) is 108 cm³/mol. The lowest BCUT2D eigenvalue weighted by Gasteiger charge is -2.31. The first kappa shape index (κ1) is 17.1. The van der Waals surface area contributed by atoms with Crippen molar-refractivity contribution < 1.29 is 4.74 Å². The maximum Gasteiger partial charge on any atom is 0.128 e. The van der Waals surface area contributed by atoms with E-state index in [1.165, 1.54) is 29.3 Å². The Kier molecular flexibility index (Phi) is 4.96. The molecule has 4 nitrogen and oxygen atoms in total. The van der Waals surface area contributed by atoms with Crippen LogP contribution in [0.2, 0.25) is 0 Å². The molecule has 0 bridgehead atoms. The molecule has 4 heteroatoms. The quantitative estimate of drug-likeness (QED) is 0.732. The normalized spacial score (nSPS) is 16.2. The third-order valence-electron chi connectivity index (χ3n) is 5.55. The summed E-state index contributed by atoms with van der Waals surface area (Å²) < 4.78 is 5.51. The van der Waals surface area contributed by atoms with Gasteiger partial charge in [-0.05, 0) is 67.7 Å². The molecular formula is C22H27N3O. The van der Waals surface area contributed by atoms with Crippen molar-refractivity contribution in [2.45, 2.75) is 18.8 Å². The number of hydrogen-bond donors (Lipinski definition) is 2. The van der Waals surface area contributed by atoms with Gasteiger partial charge >= 0.3 is 0 Å². The summed E-state index contributed by atoms with van der Waals surface area (Å²) >= 11 is 0. The standard InChI is InChI=1S/C22H27N3O/c1-26-22-5-3-2-4-19(22)21-15-18-14-17(6-7-20(18)24-21)16-8-11-25(12-9-16)13-10-23/h2-7,14-16,24H,8-13,23H2,1H3. The molecule has 0 radical (unpaired) electrons. The molecule has 3 aromatic rings. The van der Waals surface area contributed by atoms with Gasteiger partial charge in [-0.2, -0.15) is 0 Å². The van der Waals surface area contributed by atoms with Crippen LogP contribution in [0.25, 0.3) is 22.2 Å². The summed E-state index contributed by atoms with van der Waals surface area (Å²) in [4.78, 5) is 6.02. The fourth-order valence-corrected chi connectivity index (χ4v) is 4.09. The molecule has 1 fully saturated rings. The monoisotopic (exact) mass is 349 g/mol. The highest BCUT2D eigenvalue weighted by atomic mass is 16.5. The van der Waals surface area contributed by atoms with Gasteiger partial charge in [0.15, 0.2) is 0 Å². The van der Waals surface area contributed by atoms with E-state index in [1.54, 1.807) is 7.11 Å². The maximum absolute atomic E-state index is 5.68. The number of aromatic nitrogens is 1. The molecule has 0 aliphatic carbocycles. The Morgan fingerprint density at radius 2 is 1.92 bits per heavy atom. The van der Waals surface area contributed by atoms with Crippen LogP contribution in [0, 0.1) is 0 Å². The fourth-order valence-electron chi connectivity index (χ4n) is 4.09. The van der Waals surface area contributed by atoms with Gasteiger partial charge in [0.1, 0.15) is 5.75 Å². The SMILES string of the molecule is COc1ccccc1-c1cc2cc(C3CCN(CCN)CC3)ccc2[nH]1. The van der Waals surface area contributed by atoms with Crippen LogP contribution < -0.4 is 10.5 Å². The van der Waals surface area contributed by atoms with Gasteiger partial charge in [-0.25, -0.2) is 0 Å². The average Bonchev–Trinajstić information content (AvgIpc) is 3.12. The number of nitrogens with zero attached hydrogens (tertiary/aromatic N) is 1. The topological polar surface area (TPSA) is 54.3 Å². The highest BCUT2D eigenvalue weighted by molar-refractivity contribution is 5.87. The van der Waals surface area contributed by atoms with Gasteiger partial charge in [0.25, 0.3) is 0 Å². The summed E-state index contributed by atoms with van der Waals surface area (Å²) in [5.74, 6) is 1.55. The van der Waals surface area contributed by atoms with E-state index in [0.717, 1.165) is 43.2 Å². The van der Waals surface area contributed by atoms with Crippen LogP contribution >= 0.6 is 0 Å². The molecule has 0 saturated carbocycles. The van der Waals surface area contributed by atoms with E-state index in [2.05, 4.69) is 40.2 Å². The van der Waals surface area contributed by atoms with E-state index in [0.29, 0.717) is 5.92 Å². The lowest BCUT2D eigenvalue weighted by Crippen LogP contribution is -2.36. The Morgan fingerprint density at radius 1 is 1.12 bits per heavy atom. The number of fused-ring (bicyclic) bond motifs is 1.